The van der Waals surface area contributed by atoms with Crippen LogP contribution < -0.4 is 4.90 Å². The molecule has 1 aliphatic rings. The zero-order chi connectivity index (χ0) is 28.0. The summed E-state index contributed by atoms with van der Waals surface area (Å²) < 4.78 is 5.47. The molecule has 0 radical (unpaired) electrons. The van der Waals surface area contributed by atoms with Crippen LogP contribution in [0, 0.1) is 17.4 Å². The van der Waals surface area contributed by atoms with Crippen molar-refractivity contribution < 1.29 is 19.1 Å². The summed E-state index contributed by atoms with van der Waals surface area (Å²) in [5, 5.41) is 11.9. The van der Waals surface area contributed by atoms with E-state index in [1.165, 1.54) is 18.4 Å². The summed E-state index contributed by atoms with van der Waals surface area (Å²) in [5.74, 6) is -0.141. The maximum atomic E-state index is 13.1. The first-order chi connectivity index (χ1) is 17.9. The first kappa shape index (κ1) is 28.9. The fraction of sp³-hybridized carbons (Fsp3) is 0.519. The van der Waals surface area contributed by atoms with Crippen molar-refractivity contribution in [1.29, 1.82) is 5.26 Å². The third-order valence-corrected chi connectivity index (χ3v) is 6.87. The number of carbonyl (C=O) groups excluding carboxylic acids is 3. The Morgan fingerprint density at radius 1 is 1.13 bits per heavy atom. The van der Waals surface area contributed by atoms with Crippen LogP contribution in [0.4, 0.5) is 14.7 Å². The van der Waals surface area contributed by atoms with Gasteiger partial charge in [-0.25, -0.2) is 19.5 Å². The van der Waals surface area contributed by atoms with Gasteiger partial charge >= 0.3 is 12.1 Å². The molecule has 3 rings (SSSR count). The lowest BCUT2D eigenvalue weighted by atomic mass is 10.1. The standard InChI is InChI=1S/C27H36N6O4S/c1-19(2)11-12-33(25(35)30(6)18-28)23(34)21-9-7-20(8-10-21)22-17-38-24(29-22)31-13-15-32(16-14-31)26(36)37-27(3,4)5/h7-10,17,19H,11-16H2,1-6H3. The van der Waals surface area contributed by atoms with Gasteiger partial charge in [0.15, 0.2) is 11.3 Å². The number of urea groups is 1. The Hall–Kier alpha value is -3.65. The molecule has 0 aliphatic carbocycles. The normalized spacial score (nSPS) is 13.7. The molecule has 4 amide bonds. The number of nitrogens with zero attached hydrogens (tertiary/aromatic N) is 6. The molecule has 1 aromatic carbocycles. The first-order valence-corrected chi connectivity index (χ1v) is 13.6. The van der Waals surface area contributed by atoms with Crippen LogP contribution in [0.1, 0.15) is 51.4 Å². The molecular weight excluding hydrogens is 504 g/mol. The number of amides is 4. The number of piperazine rings is 1. The molecule has 0 unspecified atom stereocenters. The number of aromatic nitrogens is 1. The minimum absolute atomic E-state index is 0.236. The predicted octanol–water partition coefficient (Wildman–Crippen LogP) is 4.89. The second-order valence-electron chi connectivity index (χ2n) is 10.6. The summed E-state index contributed by atoms with van der Waals surface area (Å²) in [6.07, 6.45) is 2.11. The van der Waals surface area contributed by atoms with Gasteiger partial charge in [0.2, 0.25) is 0 Å². The SMILES string of the molecule is CC(C)CCN(C(=O)c1ccc(-c2csc(N3CCN(C(=O)OC(C)(C)C)CC3)n2)cc1)C(=O)N(C)C#N. The molecule has 1 aliphatic heterocycles. The summed E-state index contributed by atoms with van der Waals surface area (Å²) in [6, 6.07) is 6.34. The van der Waals surface area contributed by atoms with Crippen molar-refractivity contribution >= 4 is 34.5 Å². The molecule has 0 atom stereocenters. The third-order valence-electron chi connectivity index (χ3n) is 5.96. The van der Waals surface area contributed by atoms with Gasteiger partial charge in [-0.2, -0.15) is 5.26 Å². The number of carbonyl (C=O) groups is 3. The summed E-state index contributed by atoms with van der Waals surface area (Å²) in [6.45, 7) is 12.3. The maximum absolute atomic E-state index is 13.1. The van der Waals surface area contributed by atoms with Gasteiger partial charge < -0.3 is 14.5 Å². The summed E-state index contributed by atoms with van der Waals surface area (Å²) in [7, 11) is 1.35. The Labute approximate surface area is 228 Å². The highest BCUT2D eigenvalue weighted by Gasteiger charge is 2.28. The zero-order valence-corrected chi connectivity index (χ0v) is 23.7. The highest BCUT2D eigenvalue weighted by atomic mass is 32.1. The first-order valence-electron chi connectivity index (χ1n) is 12.7. The molecular formula is C27H36N6O4S. The van der Waals surface area contributed by atoms with E-state index in [0.29, 0.717) is 44.1 Å². The minimum atomic E-state index is -0.641. The Bertz CT molecular complexity index is 1170. The van der Waals surface area contributed by atoms with E-state index in [-0.39, 0.29) is 12.6 Å². The molecule has 0 N–H and O–H groups in total. The number of rotatable bonds is 6. The molecule has 1 saturated heterocycles. The predicted molar refractivity (Wildman–Crippen MR) is 147 cm³/mol. The van der Waals surface area contributed by atoms with Gasteiger partial charge in [0.25, 0.3) is 5.91 Å². The number of anilines is 1. The molecule has 0 spiro atoms. The van der Waals surface area contributed by atoms with E-state index in [0.717, 1.165) is 26.2 Å². The van der Waals surface area contributed by atoms with Crippen molar-refractivity contribution in [3.63, 3.8) is 0 Å². The van der Waals surface area contributed by atoms with Crippen LogP contribution in [0.25, 0.3) is 11.3 Å². The lowest BCUT2D eigenvalue weighted by molar-refractivity contribution is 0.0240. The van der Waals surface area contributed by atoms with Gasteiger partial charge in [-0.05, 0) is 45.2 Å². The number of thiazole rings is 1. The number of benzene rings is 1. The highest BCUT2D eigenvalue weighted by Crippen LogP contribution is 2.29. The smallest absolute Gasteiger partial charge is 0.410 e. The molecule has 0 saturated carbocycles. The summed E-state index contributed by atoms with van der Waals surface area (Å²) in [5.41, 5.74) is 1.49. The molecule has 2 aromatic rings. The summed E-state index contributed by atoms with van der Waals surface area (Å²) >= 11 is 1.53. The number of nitriles is 1. The van der Waals surface area contributed by atoms with Crippen LogP contribution in [0.2, 0.25) is 0 Å². The van der Waals surface area contributed by atoms with E-state index in [1.54, 1.807) is 23.2 Å². The Kier molecular flexibility index (Phi) is 9.33. The zero-order valence-electron chi connectivity index (χ0n) is 22.9. The average Bonchev–Trinajstić information content (AvgIpc) is 3.37. The minimum Gasteiger partial charge on any atom is -0.444 e. The topological polar surface area (TPSA) is 110 Å². The van der Waals surface area contributed by atoms with Gasteiger partial charge in [-0.1, -0.05) is 26.0 Å². The highest BCUT2D eigenvalue weighted by molar-refractivity contribution is 7.14. The Morgan fingerprint density at radius 3 is 2.32 bits per heavy atom. The molecule has 38 heavy (non-hydrogen) atoms. The van der Waals surface area contributed by atoms with Gasteiger partial charge in [0, 0.05) is 56.3 Å². The van der Waals surface area contributed by atoms with Crippen molar-refractivity contribution in [3.8, 4) is 17.5 Å². The average molecular weight is 541 g/mol. The van der Waals surface area contributed by atoms with Crippen LogP contribution >= 0.6 is 11.3 Å². The monoisotopic (exact) mass is 540 g/mol. The van der Waals surface area contributed by atoms with Gasteiger partial charge in [-0.15, -0.1) is 11.3 Å². The number of ether oxygens (including phenoxy) is 1. The van der Waals surface area contributed by atoms with Crippen molar-refractivity contribution in [1.82, 2.24) is 19.7 Å². The molecule has 10 nitrogen and oxygen atoms in total. The largest absolute Gasteiger partial charge is 0.444 e. The number of hydrogen-bond acceptors (Lipinski definition) is 8. The fourth-order valence-corrected chi connectivity index (χ4v) is 4.67. The van der Waals surface area contributed by atoms with E-state index >= 15 is 0 Å². The van der Waals surface area contributed by atoms with E-state index in [4.69, 9.17) is 15.0 Å². The molecule has 1 aromatic heterocycles. The second-order valence-corrected chi connectivity index (χ2v) is 11.5. The fourth-order valence-electron chi connectivity index (χ4n) is 3.78. The third kappa shape index (κ3) is 7.44. The van der Waals surface area contributed by atoms with Crippen LogP contribution in [-0.2, 0) is 4.74 Å². The van der Waals surface area contributed by atoms with Crippen molar-refractivity contribution in [2.24, 2.45) is 5.92 Å². The van der Waals surface area contributed by atoms with Gasteiger partial charge in [0.05, 0.1) is 5.69 Å². The maximum Gasteiger partial charge on any atom is 0.410 e. The molecule has 204 valence electrons. The van der Waals surface area contributed by atoms with E-state index in [1.807, 2.05) is 52.1 Å². The van der Waals surface area contributed by atoms with Crippen LogP contribution in [-0.4, -0.2) is 83.1 Å². The van der Waals surface area contributed by atoms with Crippen molar-refractivity contribution in [2.75, 3.05) is 44.7 Å². The van der Waals surface area contributed by atoms with Crippen LogP contribution in [0.3, 0.4) is 0 Å². The van der Waals surface area contributed by atoms with Gasteiger partial charge in [-0.3, -0.25) is 9.69 Å². The Balaban J connectivity index is 1.66. The molecule has 1 fully saturated rings. The van der Waals surface area contributed by atoms with Crippen molar-refractivity contribution in [3.05, 3.63) is 35.2 Å². The number of hydrogen-bond donors (Lipinski definition) is 0. The van der Waals surface area contributed by atoms with Gasteiger partial charge in [0.1, 0.15) is 5.60 Å². The molecule has 11 heteroatoms. The molecule has 0 bridgehead atoms. The number of imide groups is 1. The van der Waals surface area contributed by atoms with Crippen molar-refractivity contribution in [2.45, 2.75) is 46.6 Å². The van der Waals surface area contributed by atoms with Crippen LogP contribution in [0.15, 0.2) is 29.6 Å². The lowest BCUT2D eigenvalue weighted by Gasteiger charge is -2.35. The van der Waals surface area contributed by atoms with E-state index in [2.05, 4.69) is 4.90 Å². The van der Waals surface area contributed by atoms with Crippen LogP contribution in [0.5, 0.6) is 0 Å². The van der Waals surface area contributed by atoms with E-state index in [9.17, 15) is 14.4 Å². The quantitative estimate of drug-likeness (QED) is 0.379. The van der Waals surface area contributed by atoms with E-state index < -0.39 is 17.5 Å². The second kappa shape index (κ2) is 12.3. The lowest BCUT2D eigenvalue weighted by Crippen LogP contribution is -2.50. The summed E-state index contributed by atoms with van der Waals surface area (Å²) in [4.78, 5) is 48.7. The molecule has 2 heterocycles. The Morgan fingerprint density at radius 2 is 1.76 bits per heavy atom.